The number of ether oxygens (including phenoxy) is 2. The van der Waals surface area contributed by atoms with Gasteiger partial charge in [-0.05, 0) is 49.6 Å². The molecule has 1 aromatic carbocycles. The summed E-state index contributed by atoms with van der Waals surface area (Å²) in [7, 11) is 0. The van der Waals surface area contributed by atoms with Gasteiger partial charge in [-0.1, -0.05) is 13.8 Å². The van der Waals surface area contributed by atoms with E-state index in [4.69, 9.17) is 9.47 Å². The fraction of sp³-hybridized carbons (Fsp3) is 0.600. The third kappa shape index (κ3) is 4.72. The fourth-order valence-corrected chi connectivity index (χ4v) is 3.58. The molecule has 5 heteroatoms. The molecule has 1 heterocycles. The summed E-state index contributed by atoms with van der Waals surface area (Å²) in [5.41, 5.74) is 1.23. The van der Waals surface area contributed by atoms with E-state index in [1.807, 2.05) is 0 Å². The molecule has 0 atom stereocenters. The maximum atomic E-state index is 6.10. The van der Waals surface area contributed by atoms with Crippen molar-refractivity contribution in [3.05, 3.63) is 26.6 Å². The lowest BCUT2D eigenvalue weighted by molar-refractivity contribution is 0.0249. The second-order valence-corrected chi connectivity index (χ2v) is 7.06. The lowest BCUT2D eigenvalue weighted by Crippen LogP contribution is -2.26. The minimum Gasteiger partial charge on any atom is -0.488 e. The standard InChI is InChI=1S/C15H21Br2NO2/c1-10(2)18-9-11-7-13(16)15(14(17)8-11)20-12-3-5-19-6-4-12/h7-8,10,12,18H,3-6,9H2,1-2H3. The third-order valence-corrected chi connectivity index (χ3v) is 4.40. The number of benzene rings is 1. The van der Waals surface area contributed by atoms with Gasteiger partial charge in [-0.15, -0.1) is 0 Å². The van der Waals surface area contributed by atoms with Crippen LogP contribution in [0.5, 0.6) is 5.75 Å². The fourth-order valence-electron chi connectivity index (χ4n) is 2.11. The van der Waals surface area contributed by atoms with Gasteiger partial charge in [0.1, 0.15) is 11.9 Å². The van der Waals surface area contributed by atoms with Crippen LogP contribution in [0.3, 0.4) is 0 Å². The molecule has 0 radical (unpaired) electrons. The first kappa shape index (κ1) is 16.3. The summed E-state index contributed by atoms with van der Waals surface area (Å²) < 4.78 is 13.5. The van der Waals surface area contributed by atoms with Crippen LogP contribution in [0, 0.1) is 0 Å². The van der Waals surface area contributed by atoms with Gasteiger partial charge in [-0.2, -0.15) is 0 Å². The van der Waals surface area contributed by atoms with Crippen LogP contribution in [0.4, 0.5) is 0 Å². The molecular weight excluding hydrogens is 386 g/mol. The minimum absolute atomic E-state index is 0.246. The summed E-state index contributed by atoms with van der Waals surface area (Å²) in [5, 5.41) is 3.42. The highest BCUT2D eigenvalue weighted by atomic mass is 79.9. The number of halogens is 2. The molecular formula is C15H21Br2NO2. The molecule has 1 saturated heterocycles. The summed E-state index contributed by atoms with van der Waals surface area (Å²) in [6.07, 6.45) is 2.15. The highest BCUT2D eigenvalue weighted by Gasteiger charge is 2.18. The zero-order valence-electron chi connectivity index (χ0n) is 11.9. The Hall–Kier alpha value is -0.100. The molecule has 0 saturated carbocycles. The molecule has 1 aliphatic heterocycles. The van der Waals surface area contributed by atoms with E-state index in [1.165, 1.54) is 5.56 Å². The first-order valence-corrected chi connectivity index (χ1v) is 8.60. The van der Waals surface area contributed by atoms with Gasteiger partial charge < -0.3 is 14.8 Å². The number of nitrogens with one attached hydrogen (secondary N) is 1. The Bertz CT molecular complexity index is 422. The SMILES string of the molecule is CC(C)NCc1cc(Br)c(OC2CCOCC2)c(Br)c1. The van der Waals surface area contributed by atoms with Crippen molar-refractivity contribution in [1.29, 1.82) is 0 Å². The van der Waals surface area contributed by atoms with E-state index in [0.29, 0.717) is 6.04 Å². The van der Waals surface area contributed by atoms with E-state index >= 15 is 0 Å². The van der Waals surface area contributed by atoms with E-state index in [2.05, 4.69) is 63.2 Å². The largest absolute Gasteiger partial charge is 0.488 e. The molecule has 0 amide bonds. The molecule has 0 aromatic heterocycles. The maximum Gasteiger partial charge on any atom is 0.148 e. The number of hydrogen-bond acceptors (Lipinski definition) is 3. The molecule has 0 aliphatic carbocycles. The monoisotopic (exact) mass is 405 g/mol. The molecule has 3 nitrogen and oxygen atoms in total. The quantitative estimate of drug-likeness (QED) is 0.791. The summed E-state index contributed by atoms with van der Waals surface area (Å²) >= 11 is 7.24. The van der Waals surface area contributed by atoms with Gasteiger partial charge in [-0.25, -0.2) is 0 Å². The summed E-state index contributed by atoms with van der Waals surface area (Å²) in [5.74, 6) is 0.894. The normalized spacial score (nSPS) is 16.6. The summed E-state index contributed by atoms with van der Waals surface area (Å²) in [4.78, 5) is 0. The molecule has 1 N–H and O–H groups in total. The Kier molecular flexibility index (Phi) is 6.33. The van der Waals surface area contributed by atoms with Crippen LogP contribution in [0.1, 0.15) is 32.3 Å². The van der Waals surface area contributed by atoms with Gasteiger partial charge in [-0.3, -0.25) is 0 Å². The van der Waals surface area contributed by atoms with Crippen molar-refractivity contribution in [3.63, 3.8) is 0 Å². The average Bonchev–Trinajstić information content (AvgIpc) is 2.42. The van der Waals surface area contributed by atoms with Gasteiger partial charge in [0.2, 0.25) is 0 Å². The second-order valence-electron chi connectivity index (χ2n) is 5.35. The Morgan fingerprint density at radius 3 is 2.40 bits per heavy atom. The lowest BCUT2D eigenvalue weighted by Gasteiger charge is -2.24. The summed E-state index contributed by atoms with van der Waals surface area (Å²) in [6, 6.07) is 4.72. The van der Waals surface area contributed by atoms with Crippen LogP contribution in [-0.4, -0.2) is 25.4 Å². The molecule has 20 heavy (non-hydrogen) atoms. The molecule has 1 fully saturated rings. The molecule has 0 spiro atoms. The van der Waals surface area contributed by atoms with Crippen molar-refractivity contribution >= 4 is 31.9 Å². The average molecular weight is 407 g/mol. The highest BCUT2D eigenvalue weighted by molar-refractivity contribution is 9.11. The summed E-state index contributed by atoms with van der Waals surface area (Å²) in [6.45, 7) is 6.72. The van der Waals surface area contributed by atoms with Crippen molar-refractivity contribution in [2.45, 2.75) is 45.4 Å². The van der Waals surface area contributed by atoms with Crippen LogP contribution < -0.4 is 10.1 Å². The van der Waals surface area contributed by atoms with Crippen LogP contribution in [0.15, 0.2) is 21.1 Å². The first-order chi connectivity index (χ1) is 9.56. The van der Waals surface area contributed by atoms with Crippen molar-refractivity contribution in [2.75, 3.05) is 13.2 Å². The second kappa shape index (κ2) is 7.78. The molecule has 0 unspecified atom stereocenters. The van der Waals surface area contributed by atoms with Gasteiger partial charge in [0.15, 0.2) is 0 Å². The first-order valence-electron chi connectivity index (χ1n) is 7.02. The molecule has 112 valence electrons. The molecule has 1 aromatic rings. The molecule has 0 bridgehead atoms. The van der Waals surface area contributed by atoms with E-state index in [-0.39, 0.29) is 6.10 Å². The van der Waals surface area contributed by atoms with Crippen LogP contribution in [-0.2, 0) is 11.3 Å². The lowest BCUT2D eigenvalue weighted by atomic mass is 10.1. The van der Waals surface area contributed by atoms with Gasteiger partial charge in [0.05, 0.1) is 22.2 Å². The zero-order chi connectivity index (χ0) is 14.5. The minimum atomic E-state index is 0.246. The van der Waals surface area contributed by atoms with Crippen molar-refractivity contribution in [2.24, 2.45) is 0 Å². The Morgan fingerprint density at radius 1 is 1.25 bits per heavy atom. The molecule has 1 aliphatic rings. The smallest absolute Gasteiger partial charge is 0.148 e. The van der Waals surface area contributed by atoms with Crippen molar-refractivity contribution < 1.29 is 9.47 Å². The topological polar surface area (TPSA) is 30.5 Å². The van der Waals surface area contributed by atoms with E-state index in [0.717, 1.165) is 47.3 Å². The van der Waals surface area contributed by atoms with Gasteiger partial charge in [0.25, 0.3) is 0 Å². The molecule has 2 rings (SSSR count). The van der Waals surface area contributed by atoms with Gasteiger partial charge >= 0.3 is 0 Å². The predicted molar refractivity (Wildman–Crippen MR) is 88.3 cm³/mol. The van der Waals surface area contributed by atoms with E-state index in [1.54, 1.807) is 0 Å². The van der Waals surface area contributed by atoms with Crippen molar-refractivity contribution in [3.8, 4) is 5.75 Å². The van der Waals surface area contributed by atoms with E-state index in [9.17, 15) is 0 Å². The highest BCUT2D eigenvalue weighted by Crippen LogP contribution is 2.36. The van der Waals surface area contributed by atoms with Crippen LogP contribution >= 0.6 is 31.9 Å². The Morgan fingerprint density at radius 2 is 1.85 bits per heavy atom. The number of hydrogen-bond donors (Lipinski definition) is 1. The van der Waals surface area contributed by atoms with Crippen LogP contribution in [0.25, 0.3) is 0 Å². The third-order valence-electron chi connectivity index (χ3n) is 3.23. The Balaban J connectivity index is 2.05. The van der Waals surface area contributed by atoms with Crippen LogP contribution in [0.2, 0.25) is 0 Å². The predicted octanol–water partition coefficient (Wildman–Crippen LogP) is 4.27. The maximum absolute atomic E-state index is 6.10. The van der Waals surface area contributed by atoms with Crippen molar-refractivity contribution in [1.82, 2.24) is 5.32 Å². The number of rotatable bonds is 5. The Labute approximate surface area is 137 Å². The van der Waals surface area contributed by atoms with E-state index < -0.39 is 0 Å². The zero-order valence-corrected chi connectivity index (χ0v) is 15.1. The van der Waals surface area contributed by atoms with Gasteiger partial charge in [0, 0.05) is 25.4 Å².